The molecule has 1 aromatic carbocycles. The molecule has 0 radical (unpaired) electrons. The van der Waals surface area contributed by atoms with Gasteiger partial charge in [-0.05, 0) is 19.1 Å². The zero-order valence-corrected chi connectivity index (χ0v) is 16.7. The lowest BCUT2D eigenvalue weighted by Crippen LogP contribution is -2.13. The number of sulfone groups is 1. The fraction of sp³-hybridized carbons (Fsp3) is 0.158. The molecule has 4 aromatic rings. The molecule has 0 saturated carbocycles. The molecule has 1 unspecified atom stereocenters. The van der Waals surface area contributed by atoms with Gasteiger partial charge in [-0.3, -0.25) is 0 Å². The highest BCUT2D eigenvalue weighted by atomic mass is 32.2. The number of aromatic nitrogens is 5. The van der Waals surface area contributed by atoms with Crippen LogP contribution in [0.5, 0.6) is 0 Å². The van der Waals surface area contributed by atoms with E-state index in [0.717, 1.165) is 18.4 Å². The van der Waals surface area contributed by atoms with Crippen molar-refractivity contribution < 1.29 is 17.2 Å². The average Bonchev–Trinajstić information content (AvgIpc) is 3.11. The van der Waals surface area contributed by atoms with Gasteiger partial charge in [-0.15, -0.1) is 0 Å². The molecule has 3 heterocycles. The molecule has 30 heavy (non-hydrogen) atoms. The van der Waals surface area contributed by atoms with Gasteiger partial charge in [-0.25, -0.2) is 36.7 Å². The van der Waals surface area contributed by atoms with E-state index in [1.54, 1.807) is 25.4 Å². The van der Waals surface area contributed by atoms with Crippen molar-refractivity contribution in [3.05, 3.63) is 66.1 Å². The Bertz CT molecular complexity index is 1360. The minimum Gasteiger partial charge on any atom is -0.363 e. The molecule has 1 atom stereocenters. The first-order chi connectivity index (χ1) is 14.2. The van der Waals surface area contributed by atoms with E-state index in [0.29, 0.717) is 11.2 Å². The van der Waals surface area contributed by atoms with Crippen LogP contribution < -0.4 is 5.32 Å². The second-order valence-corrected chi connectivity index (χ2v) is 8.58. The van der Waals surface area contributed by atoms with Crippen molar-refractivity contribution in [2.24, 2.45) is 0 Å². The third-order valence-electron chi connectivity index (χ3n) is 4.39. The lowest BCUT2D eigenvalue weighted by Gasteiger charge is -2.16. The smallest absolute Gasteiger partial charge is 0.249 e. The topological polar surface area (TPSA) is 102 Å². The molecule has 154 valence electrons. The highest BCUT2D eigenvalue weighted by Crippen LogP contribution is 2.27. The van der Waals surface area contributed by atoms with Crippen molar-refractivity contribution >= 4 is 21.3 Å². The van der Waals surface area contributed by atoms with Gasteiger partial charge in [0.25, 0.3) is 0 Å². The van der Waals surface area contributed by atoms with Gasteiger partial charge in [0.15, 0.2) is 5.65 Å². The predicted octanol–water partition coefficient (Wildman–Crippen LogP) is 3.04. The quantitative estimate of drug-likeness (QED) is 0.486. The van der Waals surface area contributed by atoms with Crippen molar-refractivity contribution in [2.45, 2.75) is 18.1 Å². The molecule has 1 N–H and O–H groups in total. The maximum atomic E-state index is 14.1. The summed E-state index contributed by atoms with van der Waals surface area (Å²) in [7, 11) is -3.74. The van der Waals surface area contributed by atoms with Crippen LogP contribution in [0.2, 0.25) is 0 Å². The van der Waals surface area contributed by atoms with Crippen molar-refractivity contribution in [3.63, 3.8) is 0 Å². The van der Waals surface area contributed by atoms with Crippen LogP contribution in [0.25, 0.3) is 16.9 Å². The molecular formula is C19H16F2N6O2S. The van der Waals surface area contributed by atoms with E-state index in [4.69, 9.17) is 0 Å². The fourth-order valence-corrected chi connectivity index (χ4v) is 3.49. The average molecular weight is 430 g/mol. The predicted molar refractivity (Wildman–Crippen MR) is 106 cm³/mol. The summed E-state index contributed by atoms with van der Waals surface area (Å²) in [5, 5.41) is 6.74. The molecule has 3 aromatic heterocycles. The minimum atomic E-state index is -3.74. The van der Waals surface area contributed by atoms with Gasteiger partial charge in [0.05, 0.1) is 23.5 Å². The third-order valence-corrected chi connectivity index (χ3v) is 5.23. The van der Waals surface area contributed by atoms with Gasteiger partial charge >= 0.3 is 0 Å². The zero-order chi connectivity index (χ0) is 21.5. The highest BCUT2D eigenvalue weighted by Gasteiger charge is 2.19. The first-order valence-corrected chi connectivity index (χ1v) is 10.7. The van der Waals surface area contributed by atoms with E-state index in [9.17, 15) is 17.2 Å². The number of hydrogen-bond acceptors (Lipinski definition) is 7. The number of nitrogens with one attached hydrogen (secondary N) is 1. The van der Waals surface area contributed by atoms with Gasteiger partial charge in [-0.1, -0.05) is 6.07 Å². The van der Waals surface area contributed by atoms with Crippen LogP contribution in [-0.4, -0.2) is 39.2 Å². The van der Waals surface area contributed by atoms with Crippen LogP contribution in [0.3, 0.4) is 0 Å². The molecule has 11 heteroatoms. The summed E-state index contributed by atoms with van der Waals surface area (Å²) in [5.74, 6) is -1.25. The van der Waals surface area contributed by atoms with Crippen LogP contribution in [0.4, 0.5) is 14.6 Å². The monoisotopic (exact) mass is 430 g/mol. The van der Waals surface area contributed by atoms with Gasteiger partial charge in [-0.2, -0.15) is 5.10 Å². The Balaban J connectivity index is 1.79. The van der Waals surface area contributed by atoms with E-state index < -0.39 is 32.7 Å². The number of halogens is 2. The van der Waals surface area contributed by atoms with E-state index in [1.165, 1.54) is 22.8 Å². The molecule has 0 amide bonds. The molecule has 0 aliphatic carbocycles. The van der Waals surface area contributed by atoms with Crippen molar-refractivity contribution in [2.75, 3.05) is 11.6 Å². The normalized spacial score (nSPS) is 12.8. The van der Waals surface area contributed by atoms with E-state index in [2.05, 4.69) is 25.4 Å². The lowest BCUT2D eigenvalue weighted by molar-refractivity contribution is 0.565. The molecule has 0 spiro atoms. The van der Waals surface area contributed by atoms with Crippen LogP contribution in [0.1, 0.15) is 18.5 Å². The Hall–Kier alpha value is -3.47. The number of nitrogens with zero attached hydrogens (tertiary/aromatic N) is 5. The van der Waals surface area contributed by atoms with E-state index in [-0.39, 0.29) is 17.1 Å². The van der Waals surface area contributed by atoms with Crippen molar-refractivity contribution in [3.8, 4) is 11.3 Å². The van der Waals surface area contributed by atoms with Crippen LogP contribution in [0, 0.1) is 11.6 Å². The number of fused-ring (bicyclic) bond motifs is 1. The second kappa shape index (κ2) is 7.41. The number of rotatable bonds is 5. The van der Waals surface area contributed by atoms with Crippen molar-refractivity contribution in [1.29, 1.82) is 0 Å². The molecule has 0 saturated heterocycles. The second-order valence-electron chi connectivity index (χ2n) is 6.67. The standard InChI is InChI=1S/C19H16F2N6O2S/c1-11(13-5-4-12(20)8-15(13)21)24-17-9-16(25-19(26-17)30(2,28)29)14-10-23-27-7-3-6-22-18(14)27/h3-11H,1-2H3,(H,24,25,26). The fourth-order valence-electron chi connectivity index (χ4n) is 2.96. The van der Waals surface area contributed by atoms with Crippen LogP contribution in [0.15, 0.2) is 54.1 Å². The molecule has 8 nitrogen and oxygen atoms in total. The number of hydrogen-bond donors (Lipinski definition) is 1. The summed E-state index contributed by atoms with van der Waals surface area (Å²) < 4.78 is 53.1. The van der Waals surface area contributed by atoms with E-state index >= 15 is 0 Å². The Labute approximate surface area is 170 Å². The Morgan fingerprint density at radius 2 is 1.97 bits per heavy atom. The molecule has 0 fully saturated rings. The summed E-state index contributed by atoms with van der Waals surface area (Å²) in [6.07, 6.45) is 5.79. The van der Waals surface area contributed by atoms with Gasteiger partial charge in [0.2, 0.25) is 15.0 Å². The van der Waals surface area contributed by atoms with Crippen molar-refractivity contribution in [1.82, 2.24) is 24.6 Å². The summed E-state index contributed by atoms with van der Waals surface area (Å²) in [5.41, 5.74) is 1.48. The first-order valence-electron chi connectivity index (χ1n) is 8.82. The SMILES string of the molecule is CC(Nc1cc(-c2cnn3cccnc23)nc(S(C)(=O)=O)n1)c1ccc(F)cc1F. The Morgan fingerprint density at radius 1 is 1.17 bits per heavy atom. The lowest BCUT2D eigenvalue weighted by atomic mass is 10.1. The summed E-state index contributed by atoms with van der Waals surface area (Å²) in [4.78, 5) is 12.5. The third kappa shape index (κ3) is 3.83. The number of anilines is 1. The Kier molecular flexibility index (Phi) is 4.90. The van der Waals surface area contributed by atoms with Gasteiger partial charge < -0.3 is 5.32 Å². The first kappa shape index (κ1) is 19.8. The Morgan fingerprint density at radius 3 is 2.70 bits per heavy atom. The van der Waals surface area contributed by atoms with Crippen LogP contribution >= 0.6 is 0 Å². The van der Waals surface area contributed by atoms with Gasteiger partial charge in [0.1, 0.15) is 17.5 Å². The molecule has 0 aliphatic rings. The largest absolute Gasteiger partial charge is 0.363 e. The summed E-state index contributed by atoms with van der Waals surface area (Å²) >= 11 is 0. The molecular weight excluding hydrogens is 414 g/mol. The minimum absolute atomic E-state index is 0.159. The number of benzene rings is 1. The highest BCUT2D eigenvalue weighted by molar-refractivity contribution is 7.90. The molecule has 0 bridgehead atoms. The summed E-state index contributed by atoms with van der Waals surface area (Å²) in [6, 6.07) is 5.86. The zero-order valence-electron chi connectivity index (χ0n) is 15.9. The van der Waals surface area contributed by atoms with Gasteiger partial charge in [0, 0.05) is 36.3 Å². The molecule has 4 rings (SSSR count). The maximum absolute atomic E-state index is 14.1. The van der Waals surface area contributed by atoms with Crippen LogP contribution in [-0.2, 0) is 9.84 Å². The van der Waals surface area contributed by atoms with E-state index in [1.807, 2.05) is 0 Å². The summed E-state index contributed by atoms with van der Waals surface area (Å²) in [6.45, 7) is 1.65. The maximum Gasteiger partial charge on any atom is 0.249 e. The molecule has 0 aliphatic heterocycles.